The van der Waals surface area contributed by atoms with Crippen LogP contribution >= 0.6 is 0 Å². The van der Waals surface area contributed by atoms with E-state index in [0.29, 0.717) is 0 Å². The van der Waals surface area contributed by atoms with Crippen molar-refractivity contribution in [2.24, 2.45) is 5.73 Å². The molecule has 0 unspecified atom stereocenters. The lowest BCUT2D eigenvalue weighted by Crippen LogP contribution is -2.15. The number of nitrogens with zero attached hydrogens (tertiary/aromatic N) is 3. The van der Waals surface area contributed by atoms with E-state index in [1.165, 1.54) is 0 Å². The van der Waals surface area contributed by atoms with Gasteiger partial charge in [0.05, 0.1) is 6.04 Å². The van der Waals surface area contributed by atoms with Crippen molar-refractivity contribution < 1.29 is 0 Å². The van der Waals surface area contributed by atoms with Crippen molar-refractivity contribution in [2.75, 3.05) is 0 Å². The monoisotopic (exact) mass is 230 g/mol. The largest absolute Gasteiger partial charge is 0.321 e. The molecule has 0 bridgehead atoms. The van der Waals surface area contributed by atoms with E-state index < -0.39 is 0 Å². The van der Waals surface area contributed by atoms with Crippen molar-refractivity contribution in [3.63, 3.8) is 0 Å². The summed E-state index contributed by atoms with van der Waals surface area (Å²) >= 11 is 0. The smallest absolute Gasteiger partial charge is 0.154 e. The van der Waals surface area contributed by atoms with Crippen molar-refractivity contribution in [3.05, 3.63) is 42.5 Å². The summed E-state index contributed by atoms with van der Waals surface area (Å²) in [6, 6.07) is 9.99. The Morgan fingerprint density at radius 3 is 2.76 bits per heavy atom. The highest BCUT2D eigenvalue weighted by Gasteiger charge is 2.13. The normalized spacial score (nSPS) is 12.6. The van der Waals surface area contributed by atoms with Crippen LogP contribution in [-0.4, -0.2) is 14.8 Å². The van der Waals surface area contributed by atoms with Gasteiger partial charge in [0.2, 0.25) is 0 Å². The first-order chi connectivity index (χ1) is 8.33. The lowest BCUT2D eigenvalue weighted by molar-refractivity contribution is 0.566. The van der Waals surface area contributed by atoms with Gasteiger partial charge >= 0.3 is 0 Å². The molecule has 2 rings (SSSR count). The number of hydrogen-bond donors (Lipinski definition) is 1. The van der Waals surface area contributed by atoms with Gasteiger partial charge in [-0.05, 0) is 18.6 Å². The number of unbranched alkanes of at least 4 members (excludes halogenated alkanes) is 1. The molecule has 0 fully saturated rings. The van der Waals surface area contributed by atoms with E-state index in [-0.39, 0.29) is 6.04 Å². The maximum Gasteiger partial charge on any atom is 0.154 e. The predicted molar refractivity (Wildman–Crippen MR) is 67.8 cm³/mol. The number of nitrogens with two attached hydrogens (primary N) is 1. The third kappa shape index (κ3) is 2.71. The fraction of sp³-hybridized carbons (Fsp3) is 0.385. The zero-order valence-corrected chi connectivity index (χ0v) is 10.1. The van der Waals surface area contributed by atoms with E-state index in [1.807, 2.05) is 34.9 Å². The number of benzene rings is 1. The summed E-state index contributed by atoms with van der Waals surface area (Å²) in [7, 11) is 0. The molecule has 0 saturated carbocycles. The second-order valence-corrected chi connectivity index (χ2v) is 4.14. The van der Waals surface area contributed by atoms with Crippen LogP contribution in [0.5, 0.6) is 0 Å². The molecule has 0 saturated heterocycles. The first kappa shape index (κ1) is 11.8. The van der Waals surface area contributed by atoms with Gasteiger partial charge in [-0.3, -0.25) is 4.57 Å². The van der Waals surface area contributed by atoms with Gasteiger partial charge in [-0.1, -0.05) is 38.0 Å². The molecule has 2 aromatic rings. The Morgan fingerprint density at radius 1 is 1.29 bits per heavy atom. The van der Waals surface area contributed by atoms with Crippen LogP contribution in [0.2, 0.25) is 0 Å². The summed E-state index contributed by atoms with van der Waals surface area (Å²) in [5.41, 5.74) is 7.20. The molecule has 90 valence electrons. The molecule has 0 spiro atoms. The average molecular weight is 230 g/mol. The minimum atomic E-state index is -0.0438. The van der Waals surface area contributed by atoms with Gasteiger partial charge in [0, 0.05) is 5.69 Å². The second kappa shape index (κ2) is 5.59. The predicted octanol–water partition coefficient (Wildman–Crippen LogP) is 2.46. The summed E-state index contributed by atoms with van der Waals surface area (Å²) in [6.07, 6.45) is 4.93. The Morgan fingerprint density at radius 2 is 2.06 bits per heavy atom. The van der Waals surface area contributed by atoms with Crippen molar-refractivity contribution in [3.8, 4) is 5.69 Å². The molecule has 0 aliphatic carbocycles. The van der Waals surface area contributed by atoms with E-state index in [2.05, 4.69) is 17.1 Å². The molecular formula is C13H18N4. The number of aromatic nitrogens is 3. The number of hydrogen-bond acceptors (Lipinski definition) is 3. The molecule has 0 aliphatic rings. The summed E-state index contributed by atoms with van der Waals surface area (Å²) < 4.78 is 1.96. The zero-order valence-electron chi connectivity index (χ0n) is 10.1. The molecule has 1 atom stereocenters. The fourth-order valence-electron chi connectivity index (χ4n) is 1.84. The van der Waals surface area contributed by atoms with E-state index in [4.69, 9.17) is 5.73 Å². The van der Waals surface area contributed by atoms with Gasteiger partial charge < -0.3 is 5.73 Å². The lowest BCUT2D eigenvalue weighted by atomic mass is 10.1. The van der Waals surface area contributed by atoms with Crippen molar-refractivity contribution in [2.45, 2.75) is 32.2 Å². The lowest BCUT2D eigenvalue weighted by Gasteiger charge is -2.12. The third-order valence-electron chi connectivity index (χ3n) is 2.81. The summed E-state index contributed by atoms with van der Waals surface area (Å²) in [5.74, 6) is 0.838. The molecule has 1 heterocycles. The Hall–Kier alpha value is -1.68. The zero-order chi connectivity index (χ0) is 12.1. The van der Waals surface area contributed by atoms with E-state index in [9.17, 15) is 0 Å². The Kier molecular flexibility index (Phi) is 3.88. The highest BCUT2D eigenvalue weighted by Crippen LogP contribution is 2.17. The van der Waals surface area contributed by atoms with Gasteiger partial charge in [0.1, 0.15) is 6.33 Å². The Labute approximate surface area is 101 Å². The molecule has 1 aromatic heterocycles. The van der Waals surface area contributed by atoms with Gasteiger partial charge in [-0.15, -0.1) is 10.2 Å². The van der Waals surface area contributed by atoms with E-state index in [1.54, 1.807) is 6.33 Å². The van der Waals surface area contributed by atoms with Gasteiger partial charge in [-0.2, -0.15) is 0 Å². The molecule has 0 amide bonds. The van der Waals surface area contributed by atoms with Gasteiger partial charge in [0.25, 0.3) is 0 Å². The van der Waals surface area contributed by atoms with E-state index >= 15 is 0 Å². The molecule has 0 radical (unpaired) electrons. The van der Waals surface area contributed by atoms with Crippen LogP contribution in [-0.2, 0) is 0 Å². The second-order valence-electron chi connectivity index (χ2n) is 4.14. The topological polar surface area (TPSA) is 56.7 Å². The van der Waals surface area contributed by atoms with Crippen LogP contribution in [0.4, 0.5) is 0 Å². The minimum absolute atomic E-state index is 0.0438. The first-order valence-electron chi connectivity index (χ1n) is 6.04. The van der Waals surface area contributed by atoms with Crippen LogP contribution < -0.4 is 5.73 Å². The van der Waals surface area contributed by atoms with Crippen molar-refractivity contribution >= 4 is 0 Å². The highest BCUT2D eigenvalue weighted by atomic mass is 15.3. The standard InChI is InChI=1S/C13H18N4/c1-2-3-9-12(14)13-16-15-10-17(13)11-7-5-4-6-8-11/h4-8,10,12H,2-3,9,14H2,1H3/t12-/m0/s1. The average Bonchev–Trinajstić information content (AvgIpc) is 2.86. The molecular weight excluding hydrogens is 212 g/mol. The van der Waals surface area contributed by atoms with Crippen molar-refractivity contribution in [1.29, 1.82) is 0 Å². The molecule has 4 heteroatoms. The highest BCUT2D eigenvalue weighted by molar-refractivity contribution is 5.32. The maximum absolute atomic E-state index is 6.14. The fourth-order valence-corrected chi connectivity index (χ4v) is 1.84. The van der Waals surface area contributed by atoms with Gasteiger partial charge in [-0.25, -0.2) is 0 Å². The Balaban J connectivity index is 2.23. The van der Waals surface area contributed by atoms with Crippen molar-refractivity contribution in [1.82, 2.24) is 14.8 Å². The van der Waals surface area contributed by atoms with Crippen LogP contribution in [0.3, 0.4) is 0 Å². The van der Waals surface area contributed by atoms with E-state index in [0.717, 1.165) is 30.8 Å². The Bertz CT molecular complexity index is 449. The molecule has 17 heavy (non-hydrogen) atoms. The summed E-state index contributed by atoms with van der Waals surface area (Å²) in [4.78, 5) is 0. The molecule has 1 aromatic carbocycles. The van der Waals surface area contributed by atoms with Crippen LogP contribution in [0.15, 0.2) is 36.7 Å². The van der Waals surface area contributed by atoms with Crippen LogP contribution in [0, 0.1) is 0 Å². The first-order valence-corrected chi connectivity index (χ1v) is 6.04. The third-order valence-corrected chi connectivity index (χ3v) is 2.81. The molecule has 2 N–H and O–H groups in total. The van der Waals surface area contributed by atoms with Gasteiger partial charge in [0.15, 0.2) is 5.82 Å². The summed E-state index contributed by atoms with van der Waals surface area (Å²) in [6.45, 7) is 2.16. The number of para-hydroxylation sites is 1. The quantitative estimate of drug-likeness (QED) is 0.858. The van der Waals surface area contributed by atoms with Crippen LogP contribution in [0.25, 0.3) is 5.69 Å². The molecule has 0 aliphatic heterocycles. The van der Waals surface area contributed by atoms with Crippen LogP contribution in [0.1, 0.15) is 38.1 Å². The SMILES string of the molecule is CCCC[C@H](N)c1nncn1-c1ccccc1. The summed E-state index contributed by atoms with van der Waals surface area (Å²) in [5, 5.41) is 8.09. The maximum atomic E-state index is 6.14. The number of rotatable bonds is 5. The minimum Gasteiger partial charge on any atom is -0.321 e. The molecule has 4 nitrogen and oxygen atoms in total.